The lowest BCUT2D eigenvalue weighted by molar-refractivity contribution is -0.861. The number of amides is 3. The molecule has 0 aliphatic heterocycles. The maximum atomic E-state index is 12.7. The fraction of sp³-hybridized carbons (Fsp3) is 0.400. The topological polar surface area (TPSA) is 147 Å². The molecule has 2 aromatic rings. The zero-order valence-electron chi connectivity index (χ0n) is 19.0. The van der Waals surface area contributed by atoms with Crippen LogP contribution >= 0.6 is 0 Å². The average molecular weight is 467 g/mol. The van der Waals surface area contributed by atoms with Crippen LogP contribution in [0.25, 0.3) is 0 Å². The molecule has 0 aromatic carbocycles. The standard InChI is InChI=1S/C20H30N8O3.ClH/c1-26-11-14(9-15(26)19(30)23-7-6-17(21)22)25-20(31)16-8-13(10-27(16)2)24-18(29)12-28(3,4)5;/h8-11H,6-7,12H2,1-5H3,(H5-,21,22,23,24,25,29,30,31);1H. The van der Waals surface area contributed by atoms with Crippen LogP contribution < -0.4 is 34.1 Å². The van der Waals surface area contributed by atoms with Crippen molar-refractivity contribution in [1.82, 2.24) is 14.5 Å². The van der Waals surface area contributed by atoms with Crippen molar-refractivity contribution in [3.63, 3.8) is 0 Å². The van der Waals surface area contributed by atoms with Crippen LogP contribution in [-0.4, -0.2) is 71.4 Å². The number of aryl methyl sites for hydroxylation is 2. The van der Waals surface area contributed by atoms with Crippen molar-refractivity contribution in [2.45, 2.75) is 6.42 Å². The predicted molar refractivity (Wildman–Crippen MR) is 119 cm³/mol. The second-order valence-electron chi connectivity index (χ2n) is 8.43. The highest BCUT2D eigenvalue weighted by atomic mass is 35.5. The number of quaternary nitrogens is 1. The van der Waals surface area contributed by atoms with Gasteiger partial charge in [0.15, 0.2) is 6.54 Å². The van der Waals surface area contributed by atoms with Gasteiger partial charge in [-0.25, -0.2) is 0 Å². The first-order valence-corrected chi connectivity index (χ1v) is 9.71. The summed E-state index contributed by atoms with van der Waals surface area (Å²) in [7, 11) is 9.16. The van der Waals surface area contributed by atoms with E-state index >= 15 is 0 Å². The van der Waals surface area contributed by atoms with Gasteiger partial charge in [-0.2, -0.15) is 0 Å². The zero-order chi connectivity index (χ0) is 23.3. The van der Waals surface area contributed by atoms with Gasteiger partial charge < -0.3 is 47.7 Å². The Morgan fingerprint density at radius 1 is 0.969 bits per heavy atom. The van der Waals surface area contributed by atoms with Crippen molar-refractivity contribution in [3.8, 4) is 0 Å². The average Bonchev–Trinajstić information content (AvgIpc) is 3.14. The minimum Gasteiger partial charge on any atom is -1.00 e. The molecule has 0 atom stereocenters. The van der Waals surface area contributed by atoms with Crippen LogP contribution in [0.2, 0.25) is 0 Å². The van der Waals surface area contributed by atoms with Crippen LogP contribution in [0.1, 0.15) is 27.4 Å². The fourth-order valence-electron chi connectivity index (χ4n) is 2.94. The summed E-state index contributed by atoms with van der Waals surface area (Å²) in [6.45, 7) is 0.560. The van der Waals surface area contributed by atoms with Gasteiger partial charge >= 0.3 is 0 Å². The van der Waals surface area contributed by atoms with Gasteiger partial charge in [-0.05, 0) is 12.1 Å². The van der Waals surface area contributed by atoms with Gasteiger partial charge in [0.05, 0.1) is 38.4 Å². The molecule has 3 amide bonds. The Morgan fingerprint density at radius 2 is 1.47 bits per heavy atom. The van der Waals surface area contributed by atoms with E-state index in [1.165, 1.54) is 0 Å². The van der Waals surface area contributed by atoms with Crippen molar-refractivity contribution >= 4 is 34.9 Å². The highest BCUT2D eigenvalue weighted by Crippen LogP contribution is 2.17. The largest absolute Gasteiger partial charge is 1.00 e. The number of hydrogen-bond donors (Lipinski definition) is 5. The maximum Gasteiger partial charge on any atom is 0.279 e. The molecular formula is C20H31ClN8O3. The van der Waals surface area contributed by atoms with Gasteiger partial charge in [0.1, 0.15) is 11.4 Å². The van der Waals surface area contributed by atoms with E-state index in [0.29, 0.717) is 33.8 Å². The quantitative estimate of drug-likeness (QED) is 0.156. The molecule has 12 heteroatoms. The van der Waals surface area contributed by atoms with E-state index in [1.54, 1.807) is 47.8 Å². The Kier molecular flexibility index (Phi) is 9.04. The molecule has 0 saturated carbocycles. The number of anilines is 2. The zero-order valence-corrected chi connectivity index (χ0v) is 19.7. The lowest BCUT2D eigenvalue weighted by atomic mass is 10.3. The molecule has 2 heterocycles. The third-order valence-corrected chi connectivity index (χ3v) is 4.31. The Morgan fingerprint density at radius 3 is 1.97 bits per heavy atom. The van der Waals surface area contributed by atoms with Gasteiger partial charge in [-0.15, -0.1) is 0 Å². The SMILES string of the molecule is Cn1cc(NC(=O)c2cc(NC(=O)C[N+](C)(C)C)cn2C)cc1C(=O)NCCC(=N)N.[Cl-]. The van der Waals surface area contributed by atoms with E-state index in [2.05, 4.69) is 16.0 Å². The molecule has 2 aromatic heterocycles. The number of hydrogen-bond acceptors (Lipinski definition) is 4. The Bertz CT molecular complexity index is 1000. The second-order valence-corrected chi connectivity index (χ2v) is 8.43. The van der Waals surface area contributed by atoms with E-state index in [0.717, 1.165) is 0 Å². The van der Waals surface area contributed by atoms with Gasteiger partial charge in [-0.3, -0.25) is 19.8 Å². The van der Waals surface area contributed by atoms with E-state index in [1.807, 2.05) is 21.1 Å². The lowest BCUT2D eigenvalue weighted by Gasteiger charge is -2.22. The number of likely N-dealkylation sites (N-methyl/N-ethyl adjacent to an activating group) is 1. The molecule has 11 nitrogen and oxygen atoms in total. The summed E-state index contributed by atoms with van der Waals surface area (Å²) in [6, 6.07) is 3.16. The molecule has 176 valence electrons. The van der Waals surface area contributed by atoms with Crippen LogP contribution in [0.4, 0.5) is 11.4 Å². The first-order valence-electron chi connectivity index (χ1n) is 9.71. The third-order valence-electron chi connectivity index (χ3n) is 4.31. The van der Waals surface area contributed by atoms with Crippen LogP contribution in [-0.2, 0) is 18.9 Å². The van der Waals surface area contributed by atoms with Crippen LogP contribution in [0.15, 0.2) is 24.5 Å². The number of carbonyl (C=O) groups excluding carboxylic acids is 3. The molecule has 0 aliphatic rings. The molecule has 0 radical (unpaired) electrons. The van der Waals surface area contributed by atoms with Gasteiger partial charge in [-0.1, -0.05) is 0 Å². The molecule has 0 unspecified atom stereocenters. The van der Waals surface area contributed by atoms with Crippen molar-refractivity contribution in [2.24, 2.45) is 19.8 Å². The molecule has 2 rings (SSSR count). The van der Waals surface area contributed by atoms with E-state index in [9.17, 15) is 14.4 Å². The third kappa shape index (κ3) is 7.75. The summed E-state index contributed by atoms with van der Waals surface area (Å²) in [6.07, 6.45) is 3.56. The number of rotatable bonds is 9. The normalized spacial score (nSPS) is 10.8. The smallest absolute Gasteiger partial charge is 0.279 e. The predicted octanol–water partition coefficient (Wildman–Crippen LogP) is -2.68. The Balaban J connectivity index is 0.00000512. The van der Waals surface area contributed by atoms with Crippen molar-refractivity contribution in [1.29, 1.82) is 5.41 Å². The number of nitrogens with zero attached hydrogens (tertiary/aromatic N) is 3. The number of amidine groups is 1. The fourth-order valence-corrected chi connectivity index (χ4v) is 2.94. The number of aromatic nitrogens is 2. The molecule has 6 N–H and O–H groups in total. The molecule has 0 bridgehead atoms. The number of carbonyl (C=O) groups is 3. The first-order chi connectivity index (χ1) is 14.4. The Hall–Kier alpha value is -3.31. The molecule has 0 fully saturated rings. The van der Waals surface area contributed by atoms with Crippen LogP contribution in [0.5, 0.6) is 0 Å². The molecule has 32 heavy (non-hydrogen) atoms. The minimum atomic E-state index is -0.372. The molecule has 0 aliphatic carbocycles. The number of nitrogens with one attached hydrogen (secondary N) is 4. The van der Waals surface area contributed by atoms with Crippen molar-refractivity contribution in [3.05, 3.63) is 35.9 Å². The highest BCUT2D eigenvalue weighted by Gasteiger charge is 2.18. The summed E-state index contributed by atoms with van der Waals surface area (Å²) >= 11 is 0. The second kappa shape index (κ2) is 10.8. The molecule has 0 saturated heterocycles. The molecular weight excluding hydrogens is 436 g/mol. The van der Waals surface area contributed by atoms with Crippen molar-refractivity contribution in [2.75, 3.05) is 44.9 Å². The minimum absolute atomic E-state index is 0. The summed E-state index contributed by atoms with van der Waals surface area (Å²) in [5.74, 6) is -0.849. The van der Waals surface area contributed by atoms with E-state index < -0.39 is 0 Å². The summed E-state index contributed by atoms with van der Waals surface area (Å²) in [5, 5.41) is 15.4. The Labute approximate surface area is 193 Å². The molecule has 0 spiro atoms. The lowest BCUT2D eigenvalue weighted by Crippen LogP contribution is -3.00. The summed E-state index contributed by atoms with van der Waals surface area (Å²) < 4.78 is 3.71. The van der Waals surface area contributed by atoms with E-state index in [-0.39, 0.29) is 48.9 Å². The van der Waals surface area contributed by atoms with E-state index in [4.69, 9.17) is 11.1 Å². The summed E-state index contributed by atoms with van der Waals surface area (Å²) in [4.78, 5) is 37.1. The maximum absolute atomic E-state index is 12.7. The highest BCUT2D eigenvalue weighted by molar-refractivity contribution is 6.05. The van der Waals surface area contributed by atoms with Gasteiger partial charge in [0.25, 0.3) is 17.7 Å². The van der Waals surface area contributed by atoms with Crippen LogP contribution in [0, 0.1) is 5.41 Å². The van der Waals surface area contributed by atoms with Gasteiger partial charge in [0, 0.05) is 39.5 Å². The first kappa shape index (κ1) is 26.7. The number of nitrogens with two attached hydrogens (primary N) is 1. The monoisotopic (exact) mass is 466 g/mol. The van der Waals surface area contributed by atoms with Crippen LogP contribution in [0.3, 0.4) is 0 Å². The number of halogens is 1. The summed E-state index contributed by atoms with van der Waals surface area (Å²) in [5.41, 5.74) is 6.99. The van der Waals surface area contributed by atoms with Gasteiger partial charge in [0.2, 0.25) is 0 Å². The van der Waals surface area contributed by atoms with Crippen molar-refractivity contribution < 1.29 is 31.3 Å².